The van der Waals surface area contributed by atoms with Crippen LogP contribution in [0.5, 0.6) is 0 Å². The van der Waals surface area contributed by atoms with Gasteiger partial charge in [-0.05, 0) is 42.5 Å². The van der Waals surface area contributed by atoms with Crippen molar-refractivity contribution in [2.24, 2.45) is 0 Å². The first-order chi connectivity index (χ1) is 19.6. The third kappa shape index (κ3) is 5.36. The van der Waals surface area contributed by atoms with Crippen LogP contribution < -0.4 is 15.1 Å². The van der Waals surface area contributed by atoms with E-state index in [9.17, 15) is 27.9 Å². The highest BCUT2D eigenvalue weighted by molar-refractivity contribution is 6.30. The highest BCUT2D eigenvalue weighted by Gasteiger charge is 2.41. The van der Waals surface area contributed by atoms with E-state index in [-0.39, 0.29) is 42.4 Å². The number of alkyl halides is 3. The molecule has 2 aromatic carbocycles. The van der Waals surface area contributed by atoms with Crippen molar-refractivity contribution in [2.45, 2.75) is 18.3 Å². The third-order valence-electron chi connectivity index (χ3n) is 7.80. The molecule has 1 aromatic heterocycles. The van der Waals surface area contributed by atoms with Crippen molar-refractivity contribution in [1.29, 1.82) is 0 Å². The number of carbonyl (C=O) groups is 2. The summed E-state index contributed by atoms with van der Waals surface area (Å²) in [6, 6.07) is 10.7. The van der Waals surface area contributed by atoms with Gasteiger partial charge in [-0.1, -0.05) is 11.6 Å². The second kappa shape index (κ2) is 10.6. The van der Waals surface area contributed by atoms with Gasteiger partial charge < -0.3 is 20.2 Å². The van der Waals surface area contributed by atoms with Gasteiger partial charge in [0, 0.05) is 74.0 Å². The third-order valence-corrected chi connectivity index (χ3v) is 8.05. The summed E-state index contributed by atoms with van der Waals surface area (Å²) in [6.45, 7) is 3.10. The predicted molar refractivity (Wildman–Crippen MR) is 146 cm³/mol. The van der Waals surface area contributed by atoms with Gasteiger partial charge in [0.15, 0.2) is 0 Å². The van der Waals surface area contributed by atoms with E-state index in [1.54, 1.807) is 46.2 Å². The van der Waals surface area contributed by atoms with Crippen LogP contribution in [0.3, 0.4) is 0 Å². The van der Waals surface area contributed by atoms with Crippen molar-refractivity contribution in [2.75, 3.05) is 62.2 Å². The number of amides is 3. The average molecular weight is 590 g/mol. The maximum atomic E-state index is 13.7. The normalized spacial score (nSPS) is 22.1. The summed E-state index contributed by atoms with van der Waals surface area (Å²) in [7, 11) is 0. The number of aromatic nitrogens is 2. The molecule has 3 fully saturated rings. The predicted octanol–water partition coefficient (Wildman–Crippen LogP) is 2.84. The maximum absolute atomic E-state index is 13.7. The number of β-amino-alcohol motifs (C(OH)–C–C–N with tert-alkyl or cyclic N) is 1. The number of hydrogen-bond acceptors (Lipinski definition) is 7. The first-order valence-corrected chi connectivity index (χ1v) is 13.6. The Morgan fingerprint density at radius 1 is 1.00 bits per heavy atom. The number of nitrogens with one attached hydrogen (secondary N) is 1. The molecular formula is C27H27ClF3N7O3. The highest BCUT2D eigenvalue weighted by atomic mass is 35.5. The zero-order chi connectivity index (χ0) is 28.9. The van der Waals surface area contributed by atoms with Crippen LogP contribution in [0, 0.1) is 0 Å². The Kier molecular flexibility index (Phi) is 7.12. The van der Waals surface area contributed by atoms with Crippen LogP contribution in [0.4, 0.5) is 29.5 Å². The zero-order valence-corrected chi connectivity index (χ0v) is 22.6. The van der Waals surface area contributed by atoms with Crippen molar-refractivity contribution in [3.8, 4) is 0 Å². The minimum atomic E-state index is -4.76. The number of halogens is 4. The minimum Gasteiger partial charge on any atom is -0.390 e. The molecule has 0 spiro atoms. The summed E-state index contributed by atoms with van der Waals surface area (Å²) in [5, 5.41) is 14.6. The summed E-state index contributed by atoms with van der Waals surface area (Å²) >= 11 is 5.93. The van der Waals surface area contributed by atoms with Gasteiger partial charge in [0.1, 0.15) is 5.82 Å². The number of rotatable bonds is 4. The monoisotopic (exact) mass is 589 g/mol. The minimum absolute atomic E-state index is 0.0573. The van der Waals surface area contributed by atoms with Crippen LogP contribution >= 0.6 is 11.6 Å². The molecule has 3 saturated heterocycles. The number of benzene rings is 2. The number of urea groups is 1. The Morgan fingerprint density at radius 2 is 1.73 bits per heavy atom. The lowest BCUT2D eigenvalue weighted by Crippen LogP contribution is -2.54. The molecule has 0 unspecified atom stereocenters. The van der Waals surface area contributed by atoms with Gasteiger partial charge in [0.05, 0.1) is 17.7 Å². The van der Waals surface area contributed by atoms with E-state index in [0.29, 0.717) is 60.9 Å². The van der Waals surface area contributed by atoms with E-state index in [1.807, 2.05) is 0 Å². The summed E-state index contributed by atoms with van der Waals surface area (Å²) in [5.74, 6) is -1.31. The first-order valence-electron chi connectivity index (χ1n) is 13.2. The molecule has 3 aromatic rings. The number of aliphatic hydroxyl groups is 1. The number of fused-ring (bicyclic) bond motifs is 1. The van der Waals surface area contributed by atoms with E-state index in [4.69, 9.17) is 11.6 Å². The van der Waals surface area contributed by atoms with Crippen LogP contribution in [-0.4, -0.2) is 101 Å². The Balaban J connectivity index is 1.23. The molecule has 0 saturated carbocycles. The van der Waals surface area contributed by atoms with Gasteiger partial charge in [0.25, 0.3) is 5.91 Å². The molecule has 3 amide bonds. The number of piperazine rings is 1. The second-order valence-corrected chi connectivity index (χ2v) is 10.8. The van der Waals surface area contributed by atoms with Crippen molar-refractivity contribution in [3.63, 3.8) is 0 Å². The number of aliphatic hydroxyl groups excluding tert-OH is 1. The van der Waals surface area contributed by atoms with Gasteiger partial charge in [0.2, 0.25) is 5.82 Å². The molecule has 4 heterocycles. The van der Waals surface area contributed by atoms with Gasteiger partial charge in [-0.15, -0.1) is 0 Å². The van der Waals surface area contributed by atoms with E-state index < -0.39 is 18.1 Å². The lowest BCUT2D eigenvalue weighted by molar-refractivity contribution is -0.144. The number of carbonyl (C=O) groups excluding carboxylic acids is 2. The molecule has 2 N–H and O–H groups in total. The largest absolute Gasteiger partial charge is 0.451 e. The molecule has 0 bridgehead atoms. The summed E-state index contributed by atoms with van der Waals surface area (Å²) < 4.78 is 41.2. The van der Waals surface area contributed by atoms with Crippen molar-refractivity contribution in [1.82, 2.24) is 25.1 Å². The molecule has 10 nitrogen and oxygen atoms in total. The van der Waals surface area contributed by atoms with Gasteiger partial charge in [-0.2, -0.15) is 13.2 Å². The summed E-state index contributed by atoms with van der Waals surface area (Å²) in [6.07, 6.45) is -5.61. The summed E-state index contributed by atoms with van der Waals surface area (Å²) in [4.78, 5) is 39.7. The fourth-order valence-corrected chi connectivity index (χ4v) is 5.81. The van der Waals surface area contributed by atoms with Crippen LogP contribution in [0.15, 0.2) is 42.5 Å². The molecule has 0 radical (unpaired) electrons. The quantitative estimate of drug-likeness (QED) is 0.482. The van der Waals surface area contributed by atoms with Crippen molar-refractivity contribution in [3.05, 3.63) is 58.9 Å². The lowest BCUT2D eigenvalue weighted by atomic mass is 10.1. The topological polar surface area (TPSA) is 105 Å². The van der Waals surface area contributed by atoms with E-state index in [1.165, 1.54) is 11.0 Å². The van der Waals surface area contributed by atoms with E-state index in [0.717, 1.165) is 0 Å². The fourth-order valence-electron chi connectivity index (χ4n) is 5.69. The molecule has 41 heavy (non-hydrogen) atoms. The number of anilines is 2. The van der Waals surface area contributed by atoms with E-state index in [2.05, 4.69) is 20.2 Å². The fraction of sp³-hybridized carbons (Fsp3) is 0.407. The zero-order valence-electron chi connectivity index (χ0n) is 21.8. The molecule has 0 aliphatic carbocycles. The summed E-state index contributed by atoms with van der Waals surface area (Å²) in [5.41, 5.74) is 1.16. The first kappa shape index (κ1) is 27.5. The lowest BCUT2D eigenvalue weighted by Gasteiger charge is -2.38. The standard InChI is InChI=1S/C27H27ClF3N7O3/c28-17-3-1-16(2-4-17)24(40)36-11-9-35(10-12-36)21-14-37(15-22(21)39)23-19-13-18(38-8-7-32-26(38)41)5-6-20(19)33-25(34-23)27(29,30)31/h1-6,13,21-22,39H,7-12,14-15H2,(H,32,41)/t21-,22-/m1/s1. The molecule has 14 heteroatoms. The molecule has 3 aliphatic heterocycles. The highest BCUT2D eigenvalue weighted by Crippen LogP contribution is 2.35. The van der Waals surface area contributed by atoms with Crippen molar-refractivity contribution < 1.29 is 27.9 Å². The van der Waals surface area contributed by atoms with Gasteiger partial charge >= 0.3 is 12.2 Å². The van der Waals surface area contributed by atoms with Crippen LogP contribution in [-0.2, 0) is 6.18 Å². The van der Waals surface area contributed by atoms with E-state index >= 15 is 0 Å². The Labute approximate surface area is 238 Å². The number of nitrogens with zero attached hydrogens (tertiary/aromatic N) is 6. The van der Waals surface area contributed by atoms with Crippen LogP contribution in [0.1, 0.15) is 16.2 Å². The molecule has 6 rings (SSSR count). The Morgan fingerprint density at radius 3 is 2.39 bits per heavy atom. The molecule has 3 aliphatic rings. The maximum Gasteiger partial charge on any atom is 0.451 e. The molecule has 216 valence electrons. The van der Waals surface area contributed by atoms with Gasteiger partial charge in [-0.25, -0.2) is 14.8 Å². The number of hydrogen-bond donors (Lipinski definition) is 2. The molecule has 2 atom stereocenters. The van der Waals surface area contributed by atoms with Crippen molar-refractivity contribution >= 4 is 45.9 Å². The van der Waals surface area contributed by atoms with Crippen LogP contribution in [0.25, 0.3) is 10.9 Å². The smallest absolute Gasteiger partial charge is 0.390 e. The SMILES string of the molecule is O=C(c1ccc(Cl)cc1)N1CCN([C@@H]2CN(c3nc(C(F)(F)F)nc4ccc(N5CCNC5=O)cc34)C[C@H]2O)CC1. The molecular weight excluding hydrogens is 563 g/mol. The van der Waals surface area contributed by atoms with Gasteiger partial charge in [-0.3, -0.25) is 14.6 Å². The van der Waals surface area contributed by atoms with Crippen LogP contribution in [0.2, 0.25) is 5.02 Å². The Hall–Kier alpha value is -3.68. The second-order valence-electron chi connectivity index (χ2n) is 10.3. The Bertz CT molecular complexity index is 1480. The average Bonchev–Trinajstić information content (AvgIpc) is 3.57.